The highest BCUT2D eigenvalue weighted by atomic mass is 32.2. The molecule has 0 aromatic heterocycles. The van der Waals surface area contributed by atoms with Crippen molar-refractivity contribution in [2.45, 2.75) is 55.8 Å². The van der Waals surface area contributed by atoms with E-state index in [0.717, 1.165) is 42.7 Å². The third-order valence-electron chi connectivity index (χ3n) is 5.13. The van der Waals surface area contributed by atoms with Crippen LogP contribution in [0.4, 0.5) is 5.69 Å². The molecule has 1 aliphatic carbocycles. The SMILES string of the molecule is CNS(=O)(=O)c1cccc([C@H](C)Nc2ccc(O[C@H]3CCCC[C@H]3O)cc2)c1. The van der Waals surface area contributed by atoms with Crippen LogP contribution in [0.1, 0.15) is 44.2 Å². The number of rotatable bonds is 7. The predicted molar refractivity (Wildman–Crippen MR) is 110 cm³/mol. The van der Waals surface area contributed by atoms with Crippen molar-refractivity contribution in [3.05, 3.63) is 54.1 Å². The molecule has 1 saturated carbocycles. The number of anilines is 1. The van der Waals surface area contributed by atoms with E-state index in [2.05, 4.69) is 10.0 Å². The number of benzene rings is 2. The van der Waals surface area contributed by atoms with Gasteiger partial charge in [0.25, 0.3) is 0 Å². The highest BCUT2D eigenvalue weighted by Gasteiger charge is 2.24. The lowest BCUT2D eigenvalue weighted by atomic mass is 9.95. The Morgan fingerprint density at radius 2 is 1.82 bits per heavy atom. The van der Waals surface area contributed by atoms with Gasteiger partial charge in [-0.25, -0.2) is 13.1 Å². The number of hydrogen-bond donors (Lipinski definition) is 3. The average Bonchev–Trinajstić information content (AvgIpc) is 2.71. The Morgan fingerprint density at radius 1 is 1.11 bits per heavy atom. The Hall–Kier alpha value is -2.09. The third-order valence-corrected chi connectivity index (χ3v) is 6.54. The molecule has 7 heteroatoms. The normalized spacial score (nSPS) is 21.1. The molecular weight excluding hydrogens is 376 g/mol. The molecule has 0 saturated heterocycles. The summed E-state index contributed by atoms with van der Waals surface area (Å²) in [4.78, 5) is 0.246. The molecule has 3 rings (SSSR count). The maximum absolute atomic E-state index is 12.0. The smallest absolute Gasteiger partial charge is 0.240 e. The standard InChI is InChI=1S/C21H28N2O4S/c1-15(16-6-5-7-19(14-16)28(25,26)22-2)23-17-10-12-18(13-11-17)27-21-9-4-3-8-20(21)24/h5-7,10-15,20-24H,3-4,8-9H2,1-2H3/t15-,20+,21-/m0/s1. The van der Waals surface area contributed by atoms with Gasteiger partial charge >= 0.3 is 0 Å². The molecule has 2 aromatic carbocycles. The van der Waals surface area contributed by atoms with Crippen LogP contribution in [0, 0.1) is 0 Å². The molecule has 0 spiro atoms. The molecule has 0 unspecified atom stereocenters. The number of aliphatic hydroxyl groups excluding tert-OH is 1. The summed E-state index contributed by atoms with van der Waals surface area (Å²) in [7, 11) is -2.06. The third kappa shape index (κ3) is 5.04. The van der Waals surface area contributed by atoms with Crippen molar-refractivity contribution in [3.8, 4) is 5.75 Å². The van der Waals surface area contributed by atoms with Crippen LogP contribution >= 0.6 is 0 Å². The van der Waals surface area contributed by atoms with E-state index in [0.29, 0.717) is 0 Å². The molecule has 1 aliphatic rings. The second kappa shape index (κ2) is 8.94. The number of hydrogen-bond acceptors (Lipinski definition) is 5. The number of ether oxygens (including phenoxy) is 1. The quantitative estimate of drug-likeness (QED) is 0.658. The fourth-order valence-corrected chi connectivity index (χ4v) is 4.21. The monoisotopic (exact) mass is 404 g/mol. The Labute approximate surface area is 167 Å². The summed E-state index contributed by atoms with van der Waals surface area (Å²) in [6.07, 6.45) is 3.28. The van der Waals surface area contributed by atoms with Crippen molar-refractivity contribution in [2.75, 3.05) is 12.4 Å². The molecule has 0 bridgehead atoms. The Morgan fingerprint density at radius 3 is 2.50 bits per heavy atom. The van der Waals surface area contributed by atoms with Gasteiger partial charge in [-0.15, -0.1) is 0 Å². The van der Waals surface area contributed by atoms with Crippen molar-refractivity contribution in [1.29, 1.82) is 0 Å². The van der Waals surface area contributed by atoms with Crippen molar-refractivity contribution in [1.82, 2.24) is 4.72 Å². The Kier molecular flexibility index (Phi) is 6.59. The maximum atomic E-state index is 12.0. The van der Waals surface area contributed by atoms with Gasteiger partial charge in [0.2, 0.25) is 10.0 Å². The van der Waals surface area contributed by atoms with Gasteiger partial charge in [0.05, 0.1) is 11.0 Å². The van der Waals surface area contributed by atoms with Crippen LogP contribution in [-0.4, -0.2) is 32.8 Å². The molecule has 0 heterocycles. The van der Waals surface area contributed by atoms with Crippen LogP contribution in [-0.2, 0) is 10.0 Å². The summed E-state index contributed by atoms with van der Waals surface area (Å²) in [5, 5.41) is 13.4. The van der Waals surface area contributed by atoms with Crippen molar-refractivity contribution < 1.29 is 18.3 Å². The van der Waals surface area contributed by atoms with Gasteiger partial charge in [-0.1, -0.05) is 18.6 Å². The summed E-state index contributed by atoms with van der Waals surface area (Å²) < 4.78 is 32.3. The average molecular weight is 405 g/mol. The lowest BCUT2D eigenvalue weighted by Gasteiger charge is -2.28. The van der Waals surface area contributed by atoms with Crippen molar-refractivity contribution in [3.63, 3.8) is 0 Å². The first kappa shape index (κ1) is 20.6. The molecule has 0 aliphatic heterocycles. The van der Waals surface area contributed by atoms with Crippen molar-refractivity contribution >= 4 is 15.7 Å². The van der Waals surface area contributed by atoms with Gasteiger partial charge in [0, 0.05) is 11.7 Å². The minimum Gasteiger partial charge on any atom is -0.488 e. The fourth-order valence-electron chi connectivity index (χ4n) is 3.42. The first-order chi connectivity index (χ1) is 13.4. The lowest BCUT2D eigenvalue weighted by molar-refractivity contribution is 0.00688. The molecule has 2 aromatic rings. The molecule has 0 amide bonds. The fraction of sp³-hybridized carbons (Fsp3) is 0.429. The zero-order valence-electron chi connectivity index (χ0n) is 16.3. The minimum absolute atomic E-state index is 0.0704. The van der Waals surface area contributed by atoms with Gasteiger partial charge in [-0.2, -0.15) is 0 Å². The van der Waals surface area contributed by atoms with Crippen LogP contribution in [0.2, 0.25) is 0 Å². The first-order valence-electron chi connectivity index (χ1n) is 9.64. The van der Waals surface area contributed by atoms with Gasteiger partial charge in [0.15, 0.2) is 0 Å². The van der Waals surface area contributed by atoms with Gasteiger partial charge in [-0.3, -0.25) is 0 Å². The minimum atomic E-state index is -3.47. The predicted octanol–water partition coefficient (Wildman–Crippen LogP) is 3.45. The van der Waals surface area contributed by atoms with E-state index in [1.54, 1.807) is 18.2 Å². The Bertz CT molecular complexity index is 884. The van der Waals surface area contributed by atoms with Gasteiger partial charge < -0.3 is 15.2 Å². The Balaban J connectivity index is 1.64. The van der Waals surface area contributed by atoms with E-state index in [1.165, 1.54) is 7.05 Å². The molecule has 152 valence electrons. The highest BCUT2D eigenvalue weighted by Crippen LogP contribution is 2.26. The van der Waals surface area contributed by atoms with E-state index in [1.807, 2.05) is 37.3 Å². The van der Waals surface area contributed by atoms with Crippen LogP contribution in [0.15, 0.2) is 53.4 Å². The summed E-state index contributed by atoms with van der Waals surface area (Å²) in [6, 6.07) is 14.4. The molecule has 3 N–H and O–H groups in total. The molecule has 3 atom stereocenters. The van der Waals surface area contributed by atoms with Crippen LogP contribution in [0.25, 0.3) is 0 Å². The first-order valence-corrected chi connectivity index (χ1v) is 11.1. The molecule has 28 heavy (non-hydrogen) atoms. The van der Waals surface area contributed by atoms with Crippen LogP contribution in [0.3, 0.4) is 0 Å². The van der Waals surface area contributed by atoms with E-state index in [-0.39, 0.29) is 17.0 Å². The largest absolute Gasteiger partial charge is 0.488 e. The highest BCUT2D eigenvalue weighted by molar-refractivity contribution is 7.89. The molecular formula is C21H28N2O4S. The van der Waals surface area contributed by atoms with Crippen LogP contribution < -0.4 is 14.8 Å². The lowest BCUT2D eigenvalue weighted by Crippen LogP contribution is -2.34. The number of sulfonamides is 1. The second-order valence-corrected chi connectivity index (χ2v) is 9.07. The van der Waals surface area contributed by atoms with E-state index in [9.17, 15) is 13.5 Å². The zero-order chi connectivity index (χ0) is 20.1. The molecule has 0 radical (unpaired) electrons. The van der Waals surface area contributed by atoms with Gasteiger partial charge in [0.1, 0.15) is 11.9 Å². The zero-order valence-corrected chi connectivity index (χ0v) is 17.1. The number of aliphatic hydroxyl groups is 1. The van der Waals surface area contributed by atoms with Gasteiger partial charge in [-0.05, 0) is 75.2 Å². The second-order valence-electron chi connectivity index (χ2n) is 7.18. The van der Waals surface area contributed by atoms with E-state index in [4.69, 9.17) is 4.74 Å². The summed E-state index contributed by atoms with van der Waals surface area (Å²) >= 11 is 0. The topological polar surface area (TPSA) is 87.7 Å². The van der Waals surface area contributed by atoms with E-state index < -0.39 is 16.1 Å². The van der Waals surface area contributed by atoms with E-state index >= 15 is 0 Å². The number of nitrogens with one attached hydrogen (secondary N) is 2. The molecule has 1 fully saturated rings. The summed E-state index contributed by atoms with van der Waals surface area (Å²) in [5.74, 6) is 0.742. The summed E-state index contributed by atoms with van der Waals surface area (Å²) in [5.41, 5.74) is 1.79. The maximum Gasteiger partial charge on any atom is 0.240 e. The van der Waals surface area contributed by atoms with Crippen LogP contribution in [0.5, 0.6) is 5.75 Å². The van der Waals surface area contributed by atoms with Crippen molar-refractivity contribution in [2.24, 2.45) is 0 Å². The molecule has 6 nitrogen and oxygen atoms in total. The summed E-state index contributed by atoms with van der Waals surface area (Å²) in [6.45, 7) is 1.98.